The maximum atomic E-state index is 12.3. The second-order valence-electron chi connectivity index (χ2n) is 5.95. The normalized spacial score (nSPS) is 20.0. The molecule has 1 aliphatic heterocycles. The summed E-state index contributed by atoms with van der Waals surface area (Å²) >= 11 is 0. The zero-order valence-electron chi connectivity index (χ0n) is 13.1. The van der Waals surface area contributed by atoms with Crippen LogP contribution in [0.1, 0.15) is 36.8 Å². The summed E-state index contributed by atoms with van der Waals surface area (Å²) in [6.07, 6.45) is 4.41. The van der Waals surface area contributed by atoms with Gasteiger partial charge < -0.3 is 10.4 Å². The molecule has 1 aromatic rings. The molecule has 2 N–H and O–H groups in total. The molecule has 4 heteroatoms. The largest absolute Gasteiger partial charge is 0.395 e. The van der Waals surface area contributed by atoms with Crippen LogP contribution in [0.3, 0.4) is 0 Å². The molecule has 1 saturated heterocycles. The fraction of sp³-hybridized carbons (Fsp3) is 0.588. The van der Waals surface area contributed by atoms with Gasteiger partial charge in [0.25, 0.3) is 0 Å². The van der Waals surface area contributed by atoms with Gasteiger partial charge in [-0.1, -0.05) is 25.0 Å². The summed E-state index contributed by atoms with van der Waals surface area (Å²) in [7, 11) is 0. The Labute approximate surface area is 127 Å². The number of hydrogen-bond donors (Lipinski definition) is 2. The van der Waals surface area contributed by atoms with E-state index in [1.54, 1.807) is 0 Å². The molecular formula is C17H26N2O2. The molecule has 1 heterocycles. The van der Waals surface area contributed by atoms with Gasteiger partial charge in [-0.2, -0.15) is 0 Å². The van der Waals surface area contributed by atoms with Crippen LogP contribution in [0.5, 0.6) is 0 Å². The lowest BCUT2D eigenvalue weighted by Gasteiger charge is -2.27. The number of aryl methyl sites for hydroxylation is 1. The minimum Gasteiger partial charge on any atom is -0.395 e. The molecule has 1 amide bonds. The molecule has 0 radical (unpaired) electrons. The van der Waals surface area contributed by atoms with E-state index in [2.05, 4.69) is 10.2 Å². The quantitative estimate of drug-likeness (QED) is 0.895. The highest BCUT2D eigenvalue weighted by Crippen LogP contribution is 2.19. The molecule has 1 aromatic carbocycles. The Morgan fingerprint density at radius 3 is 2.90 bits per heavy atom. The van der Waals surface area contributed by atoms with E-state index >= 15 is 0 Å². The van der Waals surface area contributed by atoms with Crippen molar-refractivity contribution in [2.45, 2.75) is 45.6 Å². The van der Waals surface area contributed by atoms with Gasteiger partial charge in [0.2, 0.25) is 5.91 Å². The van der Waals surface area contributed by atoms with Gasteiger partial charge in [-0.05, 0) is 50.4 Å². The van der Waals surface area contributed by atoms with E-state index in [9.17, 15) is 9.90 Å². The Bertz CT molecular complexity index is 488. The highest BCUT2D eigenvalue weighted by molar-refractivity contribution is 5.93. The number of nitrogens with one attached hydrogen (secondary N) is 1. The van der Waals surface area contributed by atoms with Crippen LogP contribution in [0, 0.1) is 13.8 Å². The predicted molar refractivity (Wildman–Crippen MR) is 85.5 cm³/mol. The van der Waals surface area contributed by atoms with E-state index < -0.39 is 0 Å². The number of rotatable bonds is 4. The highest BCUT2D eigenvalue weighted by atomic mass is 16.3. The summed E-state index contributed by atoms with van der Waals surface area (Å²) in [6, 6.07) is 6.06. The molecule has 0 aromatic heterocycles. The molecule has 1 aliphatic rings. The third-order valence-corrected chi connectivity index (χ3v) is 4.44. The summed E-state index contributed by atoms with van der Waals surface area (Å²) < 4.78 is 0. The number of aliphatic hydroxyl groups is 1. The zero-order chi connectivity index (χ0) is 15.2. The Balaban J connectivity index is 1.98. The van der Waals surface area contributed by atoms with Crippen molar-refractivity contribution in [1.82, 2.24) is 4.90 Å². The number of nitrogens with zero attached hydrogens (tertiary/aromatic N) is 1. The van der Waals surface area contributed by atoms with Crippen LogP contribution in [-0.2, 0) is 4.79 Å². The molecule has 0 saturated carbocycles. The first-order valence-electron chi connectivity index (χ1n) is 7.83. The minimum atomic E-state index is 0.00375. The summed E-state index contributed by atoms with van der Waals surface area (Å²) in [6.45, 7) is 5.45. The lowest BCUT2D eigenvalue weighted by molar-refractivity contribution is -0.118. The van der Waals surface area contributed by atoms with Crippen LogP contribution >= 0.6 is 0 Å². The smallest absolute Gasteiger partial charge is 0.238 e. The molecule has 1 fully saturated rings. The maximum absolute atomic E-state index is 12.3. The molecule has 1 atom stereocenters. The van der Waals surface area contributed by atoms with Crippen molar-refractivity contribution in [3.8, 4) is 0 Å². The van der Waals surface area contributed by atoms with Gasteiger partial charge in [0.1, 0.15) is 0 Å². The number of carbonyl (C=O) groups is 1. The number of carbonyl (C=O) groups excluding carboxylic acids is 1. The first-order valence-corrected chi connectivity index (χ1v) is 7.83. The van der Waals surface area contributed by atoms with Gasteiger partial charge in [-0.15, -0.1) is 0 Å². The fourth-order valence-electron chi connectivity index (χ4n) is 2.91. The van der Waals surface area contributed by atoms with Crippen molar-refractivity contribution < 1.29 is 9.90 Å². The van der Waals surface area contributed by atoms with Crippen molar-refractivity contribution in [3.63, 3.8) is 0 Å². The number of benzene rings is 1. The average Bonchev–Trinajstić information content (AvgIpc) is 2.69. The maximum Gasteiger partial charge on any atom is 0.238 e. The molecule has 0 spiro atoms. The number of amides is 1. The lowest BCUT2D eigenvalue weighted by Crippen LogP contribution is -2.42. The van der Waals surface area contributed by atoms with E-state index in [-0.39, 0.29) is 18.6 Å². The van der Waals surface area contributed by atoms with E-state index in [1.165, 1.54) is 12.0 Å². The predicted octanol–water partition coefficient (Wildman–Crippen LogP) is 2.48. The molecule has 0 bridgehead atoms. The van der Waals surface area contributed by atoms with E-state index in [0.29, 0.717) is 6.54 Å². The van der Waals surface area contributed by atoms with Crippen LogP contribution in [0.15, 0.2) is 18.2 Å². The topological polar surface area (TPSA) is 52.6 Å². The van der Waals surface area contributed by atoms with Gasteiger partial charge in [-0.3, -0.25) is 9.69 Å². The first kappa shape index (κ1) is 16.0. The number of likely N-dealkylation sites (tertiary alicyclic amines) is 1. The van der Waals surface area contributed by atoms with Crippen LogP contribution in [-0.4, -0.2) is 41.7 Å². The van der Waals surface area contributed by atoms with Gasteiger partial charge >= 0.3 is 0 Å². The van der Waals surface area contributed by atoms with Crippen molar-refractivity contribution in [1.29, 1.82) is 0 Å². The summed E-state index contributed by atoms with van der Waals surface area (Å²) in [5, 5.41) is 12.5. The second-order valence-corrected chi connectivity index (χ2v) is 5.95. The van der Waals surface area contributed by atoms with Gasteiger partial charge in [-0.25, -0.2) is 0 Å². The Morgan fingerprint density at radius 2 is 2.14 bits per heavy atom. The van der Waals surface area contributed by atoms with Crippen molar-refractivity contribution >= 4 is 11.6 Å². The van der Waals surface area contributed by atoms with Gasteiger partial charge in [0.15, 0.2) is 0 Å². The van der Waals surface area contributed by atoms with Crippen molar-refractivity contribution in [2.75, 3.05) is 25.0 Å². The third kappa shape index (κ3) is 4.29. The third-order valence-electron chi connectivity index (χ3n) is 4.44. The van der Waals surface area contributed by atoms with Crippen molar-refractivity contribution in [2.24, 2.45) is 0 Å². The van der Waals surface area contributed by atoms with E-state index in [1.807, 2.05) is 32.0 Å². The molecule has 2 rings (SSSR count). The number of anilines is 1. The standard InChI is InChI=1S/C17H26N2O2/c1-13-7-6-9-16(14(13)2)18-17(21)11-19-10-5-3-4-8-15(19)12-20/h6-7,9,15,20H,3-5,8,10-12H2,1-2H3,(H,18,21). The number of aliphatic hydroxyl groups excluding tert-OH is 1. The average molecular weight is 290 g/mol. The zero-order valence-corrected chi connectivity index (χ0v) is 13.1. The summed E-state index contributed by atoms with van der Waals surface area (Å²) in [5.41, 5.74) is 3.17. The molecule has 4 nitrogen and oxygen atoms in total. The van der Waals surface area contributed by atoms with Crippen LogP contribution < -0.4 is 5.32 Å². The Morgan fingerprint density at radius 1 is 1.33 bits per heavy atom. The molecule has 1 unspecified atom stereocenters. The Hall–Kier alpha value is -1.39. The monoisotopic (exact) mass is 290 g/mol. The van der Waals surface area contributed by atoms with E-state index in [0.717, 1.165) is 37.1 Å². The summed E-state index contributed by atoms with van der Waals surface area (Å²) in [4.78, 5) is 14.4. The number of hydrogen-bond acceptors (Lipinski definition) is 3. The van der Waals surface area contributed by atoms with Gasteiger partial charge in [0, 0.05) is 11.7 Å². The molecular weight excluding hydrogens is 264 g/mol. The lowest BCUT2D eigenvalue weighted by atomic mass is 10.1. The second kappa shape index (κ2) is 7.57. The fourth-order valence-corrected chi connectivity index (χ4v) is 2.91. The SMILES string of the molecule is Cc1cccc(NC(=O)CN2CCCCCC2CO)c1C. The molecule has 0 aliphatic carbocycles. The van der Waals surface area contributed by atoms with Crippen LogP contribution in [0.2, 0.25) is 0 Å². The van der Waals surface area contributed by atoms with Crippen LogP contribution in [0.25, 0.3) is 0 Å². The van der Waals surface area contributed by atoms with Crippen LogP contribution in [0.4, 0.5) is 5.69 Å². The molecule has 116 valence electrons. The van der Waals surface area contributed by atoms with Gasteiger partial charge in [0.05, 0.1) is 13.2 Å². The highest BCUT2D eigenvalue weighted by Gasteiger charge is 2.22. The van der Waals surface area contributed by atoms with Crippen molar-refractivity contribution in [3.05, 3.63) is 29.3 Å². The summed E-state index contributed by atoms with van der Waals surface area (Å²) in [5.74, 6) is 0.00375. The first-order chi connectivity index (χ1) is 10.1. The Kier molecular flexibility index (Phi) is 5.76. The van der Waals surface area contributed by atoms with E-state index in [4.69, 9.17) is 0 Å². The molecule has 21 heavy (non-hydrogen) atoms. The minimum absolute atomic E-state index is 0.00375.